The van der Waals surface area contributed by atoms with Crippen LogP contribution in [0.2, 0.25) is 0 Å². The summed E-state index contributed by atoms with van der Waals surface area (Å²) in [7, 11) is 0. The summed E-state index contributed by atoms with van der Waals surface area (Å²) >= 11 is 2.41. The van der Waals surface area contributed by atoms with Crippen LogP contribution in [0.4, 0.5) is 0 Å². The van der Waals surface area contributed by atoms with E-state index >= 15 is 0 Å². The van der Waals surface area contributed by atoms with Gasteiger partial charge in [-0.3, -0.25) is 4.79 Å². The molecule has 0 aliphatic rings. The molecule has 0 saturated carbocycles. The van der Waals surface area contributed by atoms with Gasteiger partial charge < -0.3 is 14.2 Å². The molecule has 0 saturated heterocycles. The normalized spacial score (nSPS) is 10.6. The fraction of sp³-hybridized carbons (Fsp3) is 0.929. The summed E-state index contributed by atoms with van der Waals surface area (Å²) in [5.41, 5.74) is 0. The Kier molecular flexibility index (Phi) is 16.3. The zero-order valence-electron chi connectivity index (χ0n) is 12.0. The van der Waals surface area contributed by atoms with Crippen LogP contribution in [0.1, 0.15) is 45.4 Å². The number of halogens is 1. The van der Waals surface area contributed by atoms with Gasteiger partial charge in [0.1, 0.15) is 6.61 Å². The molecule has 0 fully saturated rings. The largest absolute Gasteiger partial charge is 0.463 e. The highest BCUT2D eigenvalue weighted by atomic mass is 127. The van der Waals surface area contributed by atoms with Gasteiger partial charge in [-0.15, -0.1) is 0 Å². The van der Waals surface area contributed by atoms with Crippen LogP contribution in [0.3, 0.4) is 0 Å². The van der Waals surface area contributed by atoms with Crippen LogP contribution < -0.4 is 0 Å². The number of alkyl halides is 1. The first kappa shape index (κ1) is 19.1. The molecule has 0 heterocycles. The summed E-state index contributed by atoms with van der Waals surface area (Å²) in [6, 6.07) is 0. The third-order valence-corrected chi connectivity index (χ3v) is 3.25. The van der Waals surface area contributed by atoms with Crippen molar-refractivity contribution in [3.63, 3.8) is 0 Å². The van der Waals surface area contributed by atoms with Crippen molar-refractivity contribution in [2.24, 2.45) is 0 Å². The summed E-state index contributed by atoms with van der Waals surface area (Å²) < 4.78 is 17.0. The van der Waals surface area contributed by atoms with E-state index < -0.39 is 0 Å². The molecular formula is C14H27IO4. The van der Waals surface area contributed by atoms with Crippen molar-refractivity contribution in [3.05, 3.63) is 0 Å². The Morgan fingerprint density at radius 2 is 1.53 bits per heavy atom. The SMILES string of the molecule is CCCC(=O)OCCOCCOCCCCCCI. The Bertz CT molecular complexity index is 200. The molecule has 0 aromatic rings. The summed E-state index contributed by atoms with van der Waals surface area (Å²) in [5, 5.41) is 0. The topological polar surface area (TPSA) is 44.8 Å². The Morgan fingerprint density at radius 1 is 0.895 bits per heavy atom. The zero-order valence-corrected chi connectivity index (χ0v) is 14.2. The Labute approximate surface area is 130 Å². The zero-order chi connectivity index (χ0) is 14.2. The van der Waals surface area contributed by atoms with Gasteiger partial charge in [-0.25, -0.2) is 0 Å². The maximum Gasteiger partial charge on any atom is 0.305 e. The van der Waals surface area contributed by atoms with Crippen LogP contribution in [0.15, 0.2) is 0 Å². The average Bonchev–Trinajstić information content (AvgIpc) is 2.40. The standard InChI is InChI=1S/C14H27IO4/c1-2-7-14(16)19-13-12-18-11-10-17-9-6-4-3-5-8-15/h2-13H2,1H3. The predicted molar refractivity (Wildman–Crippen MR) is 84.9 cm³/mol. The van der Waals surface area contributed by atoms with E-state index in [1.165, 1.54) is 23.7 Å². The molecule has 0 bridgehead atoms. The third kappa shape index (κ3) is 16.1. The Balaban J connectivity index is 3.01. The fourth-order valence-corrected chi connectivity index (χ4v) is 2.00. The van der Waals surface area contributed by atoms with Crippen LogP contribution in [0.5, 0.6) is 0 Å². The van der Waals surface area contributed by atoms with E-state index in [0.717, 1.165) is 19.4 Å². The number of esters is 1. The lowest BCUT2D eigenvalue weighted by atomic mass is 10.2. The maximum absolute atomic E-state index is 11.0. The molecule has 19 heavy (non-hydrogen) atoms. The molecule has 0 rings (SSSR count). The second-order valence-corrected chi connectivity index (χ2v) is 5.38. The summed E-state index contributed by atoms with van der Waals surface area (Å²) in [5.74, 6) is -0.145. The van der Waals surface area contributed by atoms with Crippen LogP contribution in [-0.2, 0) is 19.0 Å². The lowest BCUT2D eigenvalue weighted by molar-refractivity contribution is -0.145. The van der Waals surface area contributed by atoms with E-state index in [2.05, 4.69) is 22.6 Å². The van der Waals surface area contributed by atoms with Gasteiger partial charge in [0.05, 0.1) is 19.8 Å². The Hall–Kier alpha value is 0.120. The van der Waals surface area contributed by atoms with E-state index in [-0.39, 0.29) is 5.97 Å². The smallest absolute Gasteiger partial charge is 0.305 e. The molecule has 0 spiro atoms. The van der Waals surface area contributed by atoms with Gasteiger partial charge in [-0.2, -0.15) is 0 Å². The number of carbonyl (C=O) groups is 1. The van der Waals surface area contributed by atoms with Crippen LogP contribution in [0.25, 0.3) is 0 Å². The molecule has 0 amide bonds. The molecule has 114 valence electrons. The second kappa shape index (κ2) is 16.2. The van der Waals surface area contributed by atoms with Crippen molar-refractivity contribution in [3.8, 4) is 0 Å². The second-order valence-electron chi connectivity index (χ2n) is 4.30. The first-order valence-corrected chi connectivity index (χ1v) is 8.71. The first-order valence-electron chi connectivity index (χ1n) is 7.18. The van der Waals surface area contributed by atoms with Crippen LogP contribution in [-0.4, -0.2) is 43.4 Å². The average molecular weight is 386 g/mol. The summed E-state index contributed by atoms with van der Waals surface area (Å²) in [6.45, 7) is 4.75. The van der Waals surface area contributed by atoms with Crippen molar-refractivity contribution < 1.29 is 19.0 Å². The quantitative estimate of drug-likeness (QED) is 0.199. The lowest BCUT2D eigenvalue weighted by Crippen LogP contribution is -2.12. The van der Waals surface area contributed by atoms with Gasteiger partial charge in [-0.05, 0) is 23.7 Å². The number of ether oxygens (including phenoxy) is 3. The van der Waals surface area contributed by atoms with Crippen molar-refractivity contribution in [2.45, 2.75) is 45.4 Å². The summed E-state index contributed by atoms with van der Waals surface area (Å²) in [4.78, 5) is 11.0. The molecule has 0 aliphatic carbocycles. The van der Waals surface area contributed by atoms with E-state index in [0.29, 0.717) is 32.8 Å². The van der Waals surface area contributed by atoms with Crippen molar-refractivity contribution >= 4 is 28.6 Å². The van der Waals surface area contributed by atoms with E-state index in [1.807, 2.05) is 6.92 Å². The minimum atomic E-state index is -0.145. The molecule has 0 aromatic carbocycles. The molecule has 0 N–H and O–H groups in total. The van der Waals surface area contributed by atoms with Crippen LogP contribution >= 0.6 is 22.6 Å². The maximum atomic E-state index is 11.0. The van der Waals surface area contributed by atoms with Crippen molar-refractivity contribution in [1.29, 1.82) is 0 Å². The number of hydrogen-bond acceptors (Lipinski definition) is 4. The number of unbranched alkanes of at least 4 members (excludes halogenated alkanes) is 3. The van der Waals surface area contributed by atoms with Crippen LogP contribution in [0, 0.1) is 0 Å². The molecule has 0 radical (unpaired) electrons. The minimum absolute atomic E-state index is 0.145. The van der Waals surface area contributed by atoms with Gasteiger partial charge in [0, 0.05) is 13.0 Å². The molecule has 5 heteroatoms. The van der Waals surface area contributed by atoms with Gasteiger partial charge in [0.25, 0.3) is 0 Å². The fourth-order valence-electron chi connectivity index (χ4n) is 1.46. The molecule has 0 aliphatic heterocycles. The predicted octanol–water partition coefficient (Wildman–Crippen LogP) is 3.36. The number of rotatable bonds is 14. The van der Waals surface area contributed by atoms with Gasteiger partial charge in [0.15, 0.2) is 0 Å². The molecule has 0 atom stereocenters. The molecule has 0 unspecified atom stereocenters. The highest BCUT2D eigenvalue weighted by Gasteiger charge is 1.99. The first-order chi connectivity index (χ1) is 9.31. The Morgan fingerprint density at radius 3 is 2.21 bits per heavy atom. The molecular weight excluding hydrogens is 359 g/mol. The van der Waals surface area contributed by atoms with E-state index in [9.17, 15) is 4.79 Å². The third-order valence-electron chi connectivity index (χ3n) is 2.49. The monoisotopic (exact) mass is 386 g/mol. The van der Waals surface area contributed by atoms with E-state index in [4.69, 9.17) is 14.2 Å². The summed E-state index contributed by atoms with van der Waals surface area (Å²) in [6.07, 6.45) is 6.29. The van der Waals surface area contributed by atoms with Crippen molar-refractivity contribution in [2.75, 3.05) is 37.5 Å². The number of carbonyl (C=O) groups excluding carboxylic acids is 1. The van der Waals surface area contributed by atoms with Gasteiger partial charge in [0.2, 0.25) is 0 Å². The lowest BCUT2D eigenvalue weighted by Gasteiger charge is -2.06. The van der Waals surface area contributed by atoms with Gasteiger partial charge in [-0.1, -0.05) is 42.4 Å². The minimum Gasteiger partial charge on any atom is -0.463 e. The van der Waals surface area contributed by atoms with Gasteiger partial charge >= 0.3 is 5.97 Å². The number of hydrogen-bond donors (Lipinski definition) is 0. The highest BCUT2D eigenvalue weighted by molar-refractivity contribution is 14.1. The van der Waals surface area contributed by atoms with Crippen molar-refractivity contribution in [1.82, 2.24) is 0 Å². The molecule has 4 nitrogen and oxygen atoms in total. The molecule has 0 aromatic heterocycles. The van der Waals surface area contributed by atoms with E-state index in [1.54, 1.807) is 0 Å². The highest BCUT2D eigenvalue weighted by Crippen LogP contribution is 2.02.